The summed E-state index contributed by atoms with van der Waals surface area (Å²) in [5.74, 6) is -0.553. The van der Waals surface area contributed by atoms with E-state index in [0.29, 0.717) is 21.9 Å². The summed E-state index contributed by atoms with van der Waals surface area (Å²) in [5, 5.41) is 4.95. The Kier molecular flexibility index (Phi) is 4.93. The zero-order valence-electron chi connectivity index (χ0n) is 15.7. The molecule has 0 aliphatic rings. The van der Waals surface area contributed by atoms with Gasteiger partial charge >= 0.3 is 0 Å². The minimum Gasteiger partial charge on any atom is -0.366 e. The molecule has 0 aliphatic carbocycles. The molecule has 1 amide bonds. The first-order valence-electron chi connectivity index (χ1n) is 9.05. The predicted molar refractivity (Wildman–Crippen MR) is 112 cm³/mol. The van der Waals surface area contributed by atoms with Crippen LogP contribution in [0.3, 0.4) is 0 Å². The normalized spacial score (nSPS) is 11.5. The van der Waals surface area contributed by atoms with Gasteiger partial charge in [-0.25, -0.2) is 13.1 Å². The zero-order valence-corrected chi connectivity index (χ0v) is 16.5. The standard InChI is InChI=1S/C22H17N3O4S/c23-21(26)16-6-4-5-15(11-16)14-25-22(27)20-10-9-19(12-17(20)13-24-25)30(28,29)18-7-2-1-3-8-18/h1-13H,14H2,(H2,23,26). The highest BCUT2D eigenvalue weighted by Gasteiger charge is 2.18. The Hall–Kier alpha value is -3.78. The molecule has 3 aromatic carbocycles. The largest absolute Gasteiger partial charge is 0.366 e. The van der Waals surface area contributed by atoms with E-state index in [1.54, 1.807) is 42.5 Å². The quantitative estimate of drug-likeness (QED) is 0.534. The third kappa shape index (κ3) is 3.60. The molecule has 0 saturated carbocycles. The molecule has 7 nitrogen and oxygen atoms in total. The van der Waals surface area contributed by atoms with Crippen LogP contribution in [-0.4, -0.2) is 24.1 Å². The summed E-state index contributed by atoms with van der Waals surface area (Å²) in [4.78, 5) is 24.5. The van der Waals surface area contributed by atoms with Gasteiger partial charge in [-0.15, -0.1) is 0 Å². The molecule has 8 heteroatoms. The molecular formula is C22H17N3O4S. The second kappa shape index (κ2) is 7.57. The van der Waals surface area contributed by atoms with Crippen molar-refractivity contribution in [2.75, 3.05) is 0 Å². The molecule has 0 bridgehead atoms. The first kappa shape index (κ1) is 19.5. The third-order valence-electron chi connectivity index (χ3n) is 4.73. The van der Waals surface area contributed by atoms with Crippen molar-refractivity contribution in [1.82, 2.24) is 9.78 Å². The van der Waals surface area contributed by atoms with Gasteiger partial charge in [-0.05, 0) is 48.0 Å². The Bertz CT molecular complexity index is 1430. The van der Waals surface area contributed by atoms with E-state index in [0.717, 1.165) is 0 Å². The van der Waals surface area contributed by atoms with Gasteiger partial charge in [-0.1, -0.05) is 30.3 Å². The summed E-state index contributed by atoms with van der Waals surface area (Å²) < 4.78 is 26.9. The number of fused-ring (bicyclic) bond motifs is 1. The van der Waals surface area contributed by atoms with Crippen molar-refractivity contribution in [1.29, 1.82) is 0 Å². The van der Waals surface area contributed by atoms with E-state index in [2.05, 4.69) is 5.10 Å². The number of primary amides is 1. The molecule has 0 atom stereocenters. The smallest absolute Gasteiger partial charge is 0.274 e. The lowest BCUT2D eigenvalue weighted by Crippen LogP contribution is -2.23. The zero-order chi connectivity index (χ0) is 21.3. The summed E-state index contributed by atoms with van der Waals surface area (Å²) in [6.07, 6.45) is 1.46. The Morgan fingerprint density at radius 3 is 2.43 bits per heavy atom. The number of hydrogen-bond acceptors (Lipinski definition) is 5. The van der Waals surface area contributed by atoms with E-state index in [1.807, 2.05) is 0 Å². The van der Waals surface area contributed by atoms with E-state index in [4.69, 9.17) is 5.73 Å². The summed E-state index contributed by atoms with van der Waals surface area (Å²) in [6.45, 7) is 0.153. The topological polar surface area (TPSA) is 112 Å². The highest BCUT2D eigenvalue weighted by atomic mass is 32.2. The van der Waals surface area contributed by atoms with Gasteiger partial charge in [0.15, 0.2) is 0 Å². The van der Waals surface area contributed by atoms with Gasteiger partial charge in [0, 0.05) is 10.9 Å². The lowest BCUT2D eigenvalue weighted by molar-refractivity contribution is 0.1000. The number of nitrogens with two attached hydrogens (primary N) is 1. The van der Waals surface area contributed by atoms with Gasteiger partial charge in [-0.2, -0.15) is 5.10 Å². The molecule has 0 radical (unpaired) electrons. The maximum Gasteiger partial charge on any atom is 0.274 e. The molecule has 4 rings (SSSR count). The van der Waals surface area contributed by atoms with Crippen molar-refractivity contribution < 1.29 is 13.2 Å². The van der Waals surface area contributed by atoms with Crippen LogP contribution in [0.25, 0.3) is 10.8 Å². The minimum atomic E-state index is -3.70. The molecule has 1 heterocycles. The van der Waals surface area contributed by atoms with Gasteiger partial charge in [0.25, 0.3) is 5.56 Å². The first-order chi connectivity index (χ1) is 14.4. The fraction of sp³-hybridized carbons (Fsp3) is 0.0455. The van der Waals surface area contributed by atoms with Gasteiger partial charge in [0.05, 0.1) is 27.9 Å². The van der Waals surface area contributed by atoms with Crippen LogP contribution in [0.2, 0.25) is 0 Å². The fourth-order valence-electron chi connectivity index (χ4n) is 3.18. The van der Waals surface area contributed by atoms with E-state index < -0.39 is 15.7 Å². The predicted octanol–water partition coefficient (Wildman–Crippen LogP) is 2.38. The Labute approximate surface area is 172 Å². The second-order valence-corrected chi connectivity index (χ2v) is 8.69. The highest BCUT2D eigenvalue weighted by molar-refractivity contribution is 7.91. The average molecular weight is 419 g/mol. The van der Waals surface area contributed by atoms with Crippen LogP contribution in [-0.2, 0) is 16.4 Å². The molecular weight excluding hydrogens is 402 g/mol. The SMILES string of the molecule is NC(=O)c1cccc(Cn2ncc3cc(S(=O)(=O)c4ccccc4)ccc3c2=O)c1. The van der Waals surface area contributed by atoms with Crippen molar-refractivity contribution in [2.24, 2.45) is 5.73 Å². The van der Waals surface area contributed by atoms with E-state index in [1.165, 1.54) is 41.2 Å². The van der Waals surface area contributed by atoms with Crippen LogP contribution in [0, 0.1) is 0 Å². The number of nitrogens with zero attached hydrogens (tertiary/aromatic N) is 2. The maximum absolute atomic E-state index is 12.8. The third-order valence-corrected chi connectivity index (χ3v) is 6.50. The van der Waals surface area contributed by atoms with E-state index in [9.17, 15) is 18.0 Å². The molecule has 0 fully saturated rings. The fourth-order valence-corrected chi connectivity index (χ4v) is 4.49. The number of amides is 1. The average Bonchev–Trinajstić information content (AvgIpc) is 2.76. The van der Waals surface area contributed by atoms with Crippen LogP contribution in [0.1, 0.15) is 15.9 Å². The first-order valence-corrected chi connectivity index (χ1v) is 10.5. The molecule has 1 aromatic heterocycles. The number of carbonyl (C=O) groups is 1. The number of rotatable bonds is 5. The Balaban J connectivity index is 1.73. The second-order valence-electron chi connectivity index (χ2n) is 6.74. The molecule has 4 aromatic rings. The van der Waals surface area contributed by atoms with Gasteiger partial charge in [0.1, 0.15) is 0 Å². The van der Waals surface area contributed by atoms with Crippen LogP contribution >= 0.6 is 0 Å². The number of sulfone groups is 1. The summed E-state index contributed by atoms with van der Waals surface area (Å²) >= 11 is 0. The lowest BCUT2D eigenvalue weighted by atomic mass is 10.1. The van der Waals surface area contributed by atoms with Crippen molar-refractivity contribution in [3.05, 3.63) is 100 Å². The number of benzene rings is 3. The molecule has 0 aliphatic heterocycles. The van der Waals surface area contributed by atoms with Crippen LogP contribution in [0.5, 0.6) is 0 Å². The summed E-state index contributed by atoms with van der Waals surface area (Å²) in [6, 6.07) is 19.1. The minimum absolute atomic E-state index is 0.0920. The van der Waals surface area contributed by atoms with Crippen LogP contribution in [0.4, 0.5) is 0 Å². The lowest BCUT2D eigenvalue weighted by Gasteiger charge is -2.09. The molecule has 0 spiro atoms. The molecule has 0 unspecified atom stereocenters. The van der Waals surface area contributed by atoms with Gasteiger partial charge < -0.3 is 5.73 Å². The highest BCUT2D eigenvalue weighted by Crippen LogP contribution is 2.23. The summed E-state index contributed by atoms with van der Waals surface area (Å²) in [5.41, 5.74) is 5.98. The molecule has 2 N–H and O–H groups in total. The van der Waals surface area contributed by atoms with Crippen LogP contribution in [0.15, 0.2) is 93.6 Å². The monoisotopic (exact) mass is 419 g/mol. The number of aromatic nitrogens is 2. The van der Waals surface area contributed by atoms with Crippen molar-refractivity contribution in [3.63, 3.8) is 0 Å². The Morgan fingerprint density at radius 2 is 1.70 bits per heavy atom. The molecule has 30 heavy (non-hydrogen) atoms. The van der Waals surface area contributed by atoms with Crippen LogP contribution < -0.4 is 11.3 Å². The van der Waals surface area contributed by atoms with Gasteiger partial charge in [0.2, 0.25) is 15.7 Å². The van der Waals surface area contributed by atoms with Gasteiger partial charge in [-0.3, -0.25) is 9.59 Å². The summed E-state index contributed by atoms with van der Waals surface area (Å²) in [7, 11) is -3.70. The molecule has 0 saturated heterocycles. The van der Waals surface area contributed by atoms with Crippen molar-refractivity contribution >= 4 is 26.5 Å². The van der Waals surface area contributed by atoms with Crippen molar-refractivity contribution in [3.8, 4) is 0 Å². The number of carbonyl (C=O) groups excluding carboxylic acids is 1. The number of hydrogen-bond donors (Lipinski definition) is 1. The molecule has 150 valence electrons. The Morgan fingerprint density at radius 1 is 0.933 bits per heavy atom. The van der Waals surface area contributed by atoms with Crippen molar-refractivity contribution in [2.45, 2.75) is 16.3 Å². The van der Waals surface area contributed by atoms with E-state index in [-0.39, 0.29) is 21.9 Å². The van der Waals surface area contributed by atoms with E-state index >= 15 is 0 Å². The maximum atomic E-state index is 12.8.